The third-order valence-corrected chi connectivity index (χ3v) is 1.92. The molecule has 2 aromatic heterocycles. The van der Waals surface area contributed by atoms with Gasteiger partial charge in [-0.1, -0.05) is 0 Å². The quantitative estimate of drug-likeness (QED) is 0.727. The van der Waals surface area contributed by atoms with E-state index in [-0.39, 0.29) is 0 Å². The summed E-state index contributed by atoms with van der Waals surface area (Å²) >= 11 is 0. The van der Waals surface area contributed by atoms with Crippen molar-refractivity contribution in [3.63, 3.8) is 0 Å². The minimum absolute atomic E-state index is 0.676. The van der Waals surface area contributed by atoms with Gasteiger partial charge in [-0.2, -0.15) is 5.10 Å². The molecular formula is C9H12N4O. The van der Waals surface area contributed by atoms with Gasteiger partial charge in [-0.3, -0.25) is 0 Å². The number of hydrogen-bond acceptors (Lipinski definition) is 4. The Balaban J connectivity index is 2.19. The Hall–Kier alpha value is -1.62. The van der Waals surface area contributed by atoms with Gasteiger partial charge in [0.2, 0.25) is 0 Å². The summed E-state index contributed by atoms with van der Waals surface area (Å²) in [4.78, 5) is 4.19. The van der Waals surface area contributed by atoms with Gasteiger partial charge in [0.1, 0.15) is 0 Å². The van der Waals surface area contributed by atoms with Crippen molar-refractivity contribution in [3.05, 3.63) is 24.7 Å². The highest BCUT2D eigenvalue weighted by molar-refractivity contribution is 5.66. The third-order valence-electron chi connectivity index (χ3n) is 1.92. The van der Waals surface area contributed by atoms with Crippen LogP contribution in [0.3, 0.4) is 0 Å². The van der Waals surface area contributed by atoms with Gasteiger partial charge in [-0.05, 0) is 6.07 Å². The average Bonchev–Trinajstić information content (AvgIpc) is 2.67. The standard InChI is InChI=1S/C9H12N4O/c1-14-7-5-10-8-2-3-12-13-6-4-11-9(8)13/h2-4,6,10H,5,7H2,1H3. The molecule has 0 aliphatic rings. The first-order valence-electron chi connectivity index (χ1n) is 4.43. The van der Waals surface area contributed by atoms with Crippen LogP contribution in [-0.4, -0.2) is 34.9 Å². The lowest BCUT2D eigenvalue weighted by molar-refractivity contribution is 0.211. The molecule has 0 amide bonds. The van der Waals surface area contributed by atoms with Crippen molar-refractivity contribution in [1.82, 2.24) is 14.6 Å². The number of fused-ring (bicyclic) bond motifs is 1. The summed E-state index contributed by atoms with van der Waals surface area (Å²) in [5.74, 6) is 0. The van der Waals surface area contributed by atoms with Crippen LogP contribution in [-0.2, 0) is 4.74 Å². The molecule has 0 saturated carbocycles. The van der Waals surface area contributed by atoms with Crippen LogP contribution >= 0.6 is 0 Å². The second kappa shape index (κ2) is 4.06. The second-order valence-corrected chi connectivity index (χ2v) is 2.86. The van der Waals surface area contributed by atoms with Gasteiger partial charge in [-0.15, -0.1) is 0 Å². The van der Waals surface area contributed by atoms with Crippen LogP contribution in [0.15, 0.2) is 24.7 Å². The van der Waals surface area contributed by atoms with Gasteiger partial charge in [-0.25, -0.2) is 9.50 Å². The number of nitrogens with one attached hydrogen (secondary N) is 1. The Kier molecular flexibility index (Phi) is 2.60. The topological polar surface area (TPSA) is 51.5 Å². The predicted molar refractivity (Wildman–Crippen MR) is 53.4 cm³/mol. The molecule has 0 aromatic carbocycles. The SMILES string of the molecule is COCCNc1ccnn2ccnc12. The molecule has 0 radical (unpaired) electrons. The highest BCUT2D eigenvalue weighted by Gasteiger charge is 2.00. The monoisotopic (exact) mass is 192 g/mol. The van der Waals surface area contributed by atoms with Gasteiger partial charge in [0, 0.05) is 26.0 Å². The van der Waals surface area contributed by atoms with E-state index in [9.17, 15) is 0 Å². The fourth-order valence-corrected chi connectivity index (χ4v) is 1.26. The van der Waals surface area contributed by atoms with Gasteiger partial charge in [0.25, 0.3) is 0 Å². The van der Waals surface area contributed by atoms with Crippen molar-refractivity contribution in [2.24, 2.45) is 0 Å². The summed E-state index contributed by atoms with van der Waals surface area (Å²) in [5, 5.41) is 7.34. The number of aromatic nitrogens is 3. The minimum Gasteiger partial charge on any atom is -0.383 e. The van der Waals surface area contributed by atoms with Crippen molar-refractivity contribution in [3.8, 4) is 0 Å². The summed E-state index contributed by atoms with van der Waals surface area (Å²) in [6, 6.07) is 1.90. The molecule has 5 heteroatoms. The van der Waals surface area contributed by atoms with Crippen LogP contribution in [0.4, 0.5) is 5.69 Å². The number of ether oxygens (including phenoxy) is 1. The number of rotatable bonds is 4. The van der Waals surface area contributed by atoms with Crippen LogP contribution in [0.5, 0.6) is 0 Å². The first-order valence-corrected chi connectivity index (χ1v) is 4.43. The van der Waals surface area contributed by atoms with E-state index >= 15 is 0 Å². The zero-order chi connectivity index (χ0) is 9.80. The molecule has 74 valence electrons. The summed E-state index contributed by atoms with van der Waals surface area (Å²) in [6.45, 7) is 1.44. The molecule has 0 bridgehead atoms. The van der Waals surface area contributed by atoms with E-state index in [1.807, 2.05) is 12.3 Å². The zero-order valence-electron chi connectivity index (χ0n) is 7.97. The fourth-order valence-electron chi connectivity index (χ4n) is 1.26. The lowest BCUT2D eigenvalue weighted by Gasteiger charge is -2.05. The molecule has 5 nitrogen and oxygen atoms in total. The molecule has 14 heavy (non-hydrogen) atoms. The normalized spacial score (nSPS) is 10.6. The summed E-state index contributed by atoms with van der Waals surface area (Å²) in [5.41, 5.74) is 1.81. The van der Waals surface area contributed by atoms with E-state index in [0.717, 1.165) is 17.9 Å². The number of hydrogen-bond donors (Lipinski definition) is 1. The molecule has 2 heterocycles. The third kappa shape index (κ3) is 1.67. The van der Waals surface area contributed by atoms with Gasteiger partial charge >= 0.3 is 0 Å². The smallest absolute Gasteiger partial charge is 0.176 e. The van der Waals surface area contributed by atoms with E-state index in [1.165, 1.54) is 0 Å². The number of nitrogens with zero attached hydrogens (tertiary/aromatic N) is 3. The summed E-state index contributed by atoms with van der Waals surface area (Å²) in [7, 11) is 1.68. The van der Waals surface area contributed by atoms with Gasteiger partial charge in [0.05, 0.1) is 18.5 Å². The molecule has 1 N–H and O–H groups in total. The number of imidazole rings is 1. The Morgan fingerprint density at radius 2 is 2.43 bits per heavy atom. The van der Waals surface area contributed by atoms with E-state index < -0.39 is 0 Å². The number of methoxy groups -OCH3 is 1. The predicted octanol–water partition coefficient (Wildman–Crippen LogP) is 0.788. The average molecular weight is 192 g/mol. The van der Waals surface area contributed by atoms with Gasteiger partial charge < -0.3 is 10.1 Å². The molecule has 0 saturated heterocycles. The molecule has 2 aromatic rings. The number of anilines is 1. The largest absolute Gasteiger partial charge is 0.383 e. The maximum absolute atomic E-state index is 4.95. The van der Waals surface area contributed by atoms with Crippen LogP contribution in [0.25, 0.3) is 5.65 Å². The Bertz CT molecular complexity index is 412. The van der Waals surface area contributed by atoms with Gasteiger partial charge in [0.15, 0.2) is 5.65 Å². The molecule has 0 atom stereocenters. The van der Waals surface area contributed by atoms with E-state index in [2.05, 4.69) is 15.4 Å². The zero-order valence-corrected chi connectivity index (χ0v) is 7.97. The molecular weight excluding hydrogens is 180 g/mol. The van der Waals surface area contributed by atoms with E-state index in [4.69, 9.17) is 4.74 Å². The van der Waals surface area contributed by atoms with E-state index in [0.29, 0.717) is 6.61 Å². The first-order chi connectivity index (χ1) is 6.92. The maximum atomic E-state index is 4.95. The van der Waals surface area contributed by atoms with Crippen molar-refractivity contribution >= 4 is 11.3 Å². The van der Waals surface area contributed by atoms with Crippen LogP contribution in [0.2, 0.25) is 0 Å². The minimum atomic E-state index is 0.676. The summed E-state index contributed by atoms with van der Waals surface area (Å²) < 4.78 is 6.68. The second-order valence-electron chi connectivity index (χ2n) is 2.86. The Morgan fingerprint density at radius 3 is 3.29 bits per heavy atom. The van der Waals surface area contributed by atoms with E-state index in [1.54, 1.807) is 24.0 Å². The van der Waals surface area contributed by atoms with Crippen LogP contribution < -0.4 is 5.32 Å². The molecule has 0 aliphatic carbocycles. The first kappa shape index (κ1) is 8.96. The molecule has 0 unspecified atom stereocenters. The Labute approximate surface area is 81.7 Å². The highest BCUT2D eigenvalue weighted by atomic mass is 16.5. The maximum Gasteiger partial charge on any atom is 0.176 e. The molecule has 0 spiro atoms. The molecule has 0 fully saturated rings. The highest BCUT2D eigenvalue weighted by Crippen LogP contribution is 2.11. The fraction of sp³-hybridized carbons (Fsp3) is 0.333. The van der Waals surface area contributed by atoms with Crippen molar-refractivity contribution in [2.45, 2.75) is 0 Å². The molecule has 0 aliphatic heterocycles. The molecule has 2 rings (SSSR count). The Morgan fingerprint density at radius 1 is 1.50 bits per heavy atom. The van der Waals surface area contributed by atoms with Crippen molar-refractivity contribution in [1.29, 1.82) is 0 Å². The van der Waals surface area contributed by atoms with Crippen molar-refractivity contribution < 1.29 is 4.74 Å². The lowest BCUT2D eigenvalue weighted by atomic mass is 10.4. The summed E-state index contributed by atoms with van der Waals surface area (Å²) in [6.07, 6.45) is 5.28. The lowest BCUT2D eigenvalue weighted by Crippen LogP contribution is -2.09. The van der Waals surface area contributed by atoms with Crippen LogP contribution in [0, 0.1) is 0 Å². The van der Waals surface area contributed by atoms with Crippen molar-refractivity contribution in [2.75, 3.05) is 25.6 Å². The van der Waals surface area contributed by atoms with Crippen LogP contribution in [0.1, 0.15) is 0 Å².